The molecule has 9 heavy (non-hydrogen) atoms. The average molecular weight is 125 g/mol. The third kappa shape index (κ3) is 1.31. The maximum absolute atomic E-state index is 10.7. The Balaban J connectivity index is 2.54. The normalized spacial score (nSPS) is 27.8. The molecule has 1 atom stereocenters. The van der Waals surface area contributed by atoms with Gasteiger partial charge in [0.1, 0.15) is 7.85 Å². The minimum atomic E-state index is -0.141. The highest BCUT2D eigenvalue weighted by Gasteiger charge is 2.21. The summed E-state index contributed by atoms with van der Waals surface area (Å²) in [5, 5.41) is 2.25. The zero-order valence-electron chi connectivity index (χ0n) is 5.31. The van der Waals surface area contributed by atoms with E-state index in [1.807, 2.05) is 7.85 Å². The van der Waals surface area contributed by atoms with Gasteiger partial charge in [-0.2, -0.15) is 0 Å². The Morgan fingerprint density at radius 2 is 2.22 bits per heavy atom. The predicted molar refractivity (Wildman–Crippen MR) is 34.7 cm³/mol. The van der Waals surface area contributed by atoms with Gasteiger partial charge in [0.05, 0.1) is 0 Å². The molecule has 3 nitrogen and oxygen atoms in total. The van der Waals surface area contributed by atoms with Crippen molar-refractivity contribution >= 4 is 19.7 Å². The van der Waals surface area contributed by atoms with Crippen molar-refractivity contribution in [3.63, 3.8) is 0 Å². The van der Waals surface area contributed by atoms with Gasteiger partial charge in [0.25, 0.3) is 0 Å². The number of amides is 2. The molecule has 0 bridgehead atoms. The maximum Gasteiger partial charge on any atom is 0.226 e. The molecule has 2 amide bonds. The maximum atomic E-state index is 10.7. The molecule has 0 aromatic rings. The van der Waals surface area contributed by atoms with Crippen LogP contribution in [0.25, 0.3) is 0 Å². The second-order valence-electron chi connectivity index (χ2n) is 2.35. The first-order chi connectivity index (χ1) is 4.20. The Hall–Kier alpha value is -0.795. The molecule has 4 heteroatoms. The number of carbonyl (C=O) groups excluding carboxylic acids is 2. The number of rotatable bonds is 0. The minimum Gasteiger partial charge on any atom is -0.297 e. The number of imide groups is 1. The number of piperidine rings is 1. The SMILES string of the molecule is BC1CCC(=O)NC1=O. The molecule has 1 rings (SSSR count). The summed E-state index contributed by atoms with van der Waals surface area (Å²) in [4.78, 5) is 21.2. The molecule has 0 radical (unpaired) electrons. The van der Waals surface area contributed by atoms with Crippen molar-refractivity contribution < 1.29 is 9.59 Å². The fourth-order valence-corrected chi connectivity index (χ4v) is 0.802. The van der Waals surface area contributed by atoms with E-state index < -0.39 is 0 Å². The fourth-order valence-electron chi connectivity index (χ4n) is 0.802. The summed E-state index contributed by atoms with van der Waals surface area (Å²) in [6.45, 7) is 0. The first kappa shape index (κ1) is 6.33. The van der Waals surface area contributed by atoms with Crippen LogP contribution in [0, 0.1) is 0 Å². The summed E-state index contributed by atoms with van der Waals surface area (Å²) in [7, 11) is 1.82. The number of carbonyl (C=O) groups is 2. The summed E-state index contributed by atoms with van der Waals surface area (Å²) in [6, 6.07) is 0. The topological polar surface area (TPSA) is 46.2 Å². The standard InChI is InChI=1S/C5H8BNO2/c6-3-1-2-4(8)7-5(3)9/h3H,1-2,6H2,(H,7,8,9). The quantitative estimate of drug-likeness (QED) is 0.328. The zero-order chi connectivity index (χ0) is 6.85. The zero-order valence-corrected chi connectivity index (χ0v) is 5.31. The highest BCUT2D eigenvalue weighted by Crippen LogP contribution is 2.12. The van der Waals surface area contributed by atoms with Crippen molar-refractivity contribution in [2.45, 2.75) is 18.7 Å². The second-order valence-corrected chi connectivity index (χ2v) is 2.35. The van der Waals surface area contributed by atoms with Gasteiger partial charge in [-0.3, -0.25) is 14.9 Å². The van der Waals surface area contributed by atoms with E-state index in [0.29, 0.717) is 12.8 Å². The van der Waals surface area contributed by atoms with E-state index in [1.54, 1.807) is 0 Å². The predicted octanol–water partition coefficient (Wildman–Crippen LogP) is -1.16. The molecule has 1 aliphatic rings. The van der Waals surface area contributed by atoms with Gasteiger partial charge in [-0.15, -0.1) is 0 Å². The van der Waals surface area contributed by atoms with Crippen molar-refractivity contribution in [1.29, 1.82) is 0 Å². The Bertz CT molecular complexity index is 157. The van der Waals surface area contributed by atoms with E-state index in [1.165, 1.54) is 0 Å². The number of hydrogen-bond donors (Lipinski definition) is 1. The summed E-state index contributed by atoms with van der Waals surface area (Å²) < 4.78 is 0. The minimum absolute atomic E-state index is 0.0164. The highest BCUT2D eigenvalue weighted by atomic mass is 16.2. The van der Waals surface area contributed by atoms with E-state index in [0.717, 1.165) is 0 Å². The van der Waals surface area contributed by atoms with E-state index in [-0.39, 0.29) is 17.6 Å². The van der Waals surface area contributed by atoms with E-state index in [2.05, 4.69) is 5.32 Å². The van der Waals surface area contributed by atoms with Gasteiger partial charge in [0.15, 0.2) is 0 Å². The lowest BCUT2D eigenvalue weighted by Gasteiger charge is -2.15. The van der Waals surface area contributed by atoms with Gasteiger partial charge in [0.2, 0.25) is 11.8 Å². The van der Waals surface area contributed by atoms with Gasteiger partial charge in [-0.05, 0) is 6.42 Å². The van der Waals surface area contributed by atoms with Crippen molar-refractivity contribution in [2.24, 2.45) is 0 Å². The van der Waals surface area contributed by atoms with Crippen molar-refractivity contribution in [3.05, 3.63) is 0 Å². The second kappa shape index (κ2) is 2.21. The lowest BCUT2D eigenvalue weighted by Crippen LogP contribution is -2.38. The molecule has 1 aliphatic heterocycles. The molecule has 0 aromatic carbocycles. The molecular weight excluding hydrogens is 117 g/mol. The van der Waals surface area contributed by atoms with E-state index >= 15 is 0 Å². The summed E-state index contributed by atoms with van der Waals surface area (Å²) in [6.07, 6.45) is 1.19. The van der Waals surface area contributed by atoms with Crippen molar-refractivity contribution in [1.82, 2.24) is 5.32 Å². The molecule has 0 aromatic heterocycles. The number of nitrogens with one attached hydrogen (secondary N) is 1. The summed E-state index contributed by atoms with van der Waals surface area (Å²) in [5.74, 6) is -0.257. The van der Waals surface area contributed by atoms with Gasteiger partial charge in [0, 0.05) is 12.2 Å². The van der Waals surface area contributed by atoms with Crippen LogP contribution in [-0.4, -0.2) is 19.7 Å². The van der Waals surface area contributed by atoms with Crippen LogP contribution in [0.15, 0.2) is 0 Å². The third-order valence-corrected chi connectivity index (χ3v) is 1.51. The largest absolute Gasteiger partial charge is 0.297 e. The first-order valence-corrected chi connectivity index (χ1v) is 3.04. The summed E-state index contributed by atoms with van der Waals surface area (Å²) >= 11 is 0. The molecule has 48 valence electrons. The van der Waals surface area contributed by atoms with Gasteiger partial charge >= 0.3 is 0 Å². The highest BCUT2D eigenvalue weighted by molar-refractivity contribution is 6.26. The Labute approximate surface area is 54.2 Å². The monoisotopic (exact) mass is 125 g/mol. The molecule has 1 heterocycles. The van der Waals surface area contributed by atoms with Crippen LogP contribution in [0.4, 0.5) is 0 Å². The van der Waals surface area contributed by atoms with Crippen LogP contribution in [0.2, 0.25) is 5.82 Å². The molecule has 0 spiro atoms. The Kier molecular flexibility index (Phi) is 1.55. The van der Waals surface area contributed by atoms with Gasteiger partial charge in [-0.1, -0.05) is 0 Å². The molecule has 1 fully saturated rings. The van der Waals surface area contributed by atoms with Crippen LogP contribution in [-0.2, 0) is 9.59 Å². The van der Waals surface area contributed by atoms with Crippen LogP contribution in [0.5, 0.6) is 0 Å². The van der Waals surface area contributed by atoms with Crippen LogP contribution >= 0.6 is 0 Å². The smallest absolute Gasteiger partial charge is 0.226 e. The molecule has 1 saturated heterocycles. The molecule has 0 aliphatic carbocycles. The molecular formula is C5H8BNO2. The summed E-state index contributed by atoms with van der Waals surface area (Å²) in [5.41, 5.74) is 0. The van der Waals surface area contributed by atoms with E-state index in [4.69, 9.17) is 0 Å². The molecule has 1 N–H and O–H groups in total. The average Bonchev–Trinajstić information content (AvgIpc) is 1.80. The van der Waals surface area contributed by atoms with Gasteiger partial charge < -0.3 is 0 Å². The van der Waals surface area contributed by atoms with Gasteiger partial charge in [-0.25, -0.2) is 0 Å². The molecule has 1 unspecified atom stereocenters. The fraction of sp³-hybridized carbons (Fsp3) is 0.600. The Morgan fingerprint density at radius 3 is 2.67 bits per heavy atom. The van der Waals surface area contributed by atoms with E-state index in [9.17, 15) is 9.59 Å². The third-order valence-electron chi connectivity index (χ3n) is 1.51. The number of hydrogen-bond acceptors (Lipinski definition) is 2. The van der Waals surface area contributed by atoms with Crippen molar-refractivity contribution in [3.8, 4) is 0 Å². The van der Waals surface area contributed by atoms with Crippen molar-refractivity contribution in [2.75, 3.05) is 0 Å². The van der Waals surface area contributed by atoms with Crippen LogP contribution in [0.1, 0.15) is 12.8 Å². The first-order valence-electron chi connectivity index (χ1n) is 3.04. The molecule has 0 saturated carbocycles. The van der Waals surface area contributed by atoms with Crippen LogP contribution < -0.4 is 5.32 Å². The lowest BCUT2D eigenvalue weighted by molar-refractivity contribution is -0.132. The lowest BCUT2D eigenvalue weighted by atomic mass is 9.81. The Morgan fingerprint density at radius 1 is 1.56 bits per heavy atom. The van der Waals surface area contributed by atoms with Crippen LogP contribution in [0.3, 0.4) is 0 Å².